The Kier molecular flexibility index (Phi) is 5.65. The van der Waals surface area contributed by atoms with E-state index >= 15 is 0 Å². The number of rotatable bonds is 6. The SMILES string of the molecule is Cc1cccc(Nc2nccc(C(=O)NCCN(C)C)n2)c1C. The zero-order chi connectivity index (χ0) is 16.8. The predicted molar refractivity (Wildman–Crippen MR) is 92.1 cm³/mol. The van der Waals surface area contributed by atoms with Gasteiger partial charge in [0, 0.05) is 25.0 Å². The molecule has 0 fully saturated rings. The van der Waals surface area contributed by atoms with E-state index in [4.69, 9.17) is 0 Å². The number of nitrogens with one attached hydrogen (secondary N) is 2. The van der Waals surface area contributed by atoms with Gasteiger partial charge in [0.25, 0.3) is 5.91 Å². The molecule has 0 saturated heterocycles. The molecule has 0 radical (unpaired) electrons. The van der Waals surface area contributed by atoms with Crippen LogP contribution in [0.15, 0.2) is 30.5 Å². The number of carbonyl (C=O) groups excluding carboxylic acids is 1. The number of aromatic nitrogens is 2. The van der Waals surface area contributed by atoms with Gasteiger partial charge < -0.3 is 15.5 Å². The van der Waals surface area contributed by atoms with Crippen LogP contribution < -0.4 is 10.6 Å². The van der Waals surface area contributed by atoms with Crippen LogP contribution in [0.4, 0.5) is 11.6 Å². The fraction of sp³-hybridized carbons (Fsp3) is 0.353. The van der Waals surface area contributed by atoms with Gasteiger partial charge in [0.2, 0.25) is 5.95 Å². The Morgan fingerprint density at radius 3 is 2.74 bits per heavy atom. The number of aryl methyl sites for hydroxylation is 1. The van der Waals surface area contributed by atoms with E-state index in [2.05, 4.69) is 33.6 Å². The van der Waals surface area contributed by atoms with E-state index < -0.39 is 0 Å². The van der Waals surface area contributed by atoms with Crippen molar-refractivity contribution in [1.29, 1.82) is 0 Å². The molecule has 1 aromatic carbocycles. The number of anilines is 2. The number of hydrogen-bond acceptors (Lipinski definition) is 5. The van der Waals surface area contributed by atoms with Crippen LogP contribution >= 0.6 is 0 Å². The highest BCUT2D eigenvalue weighted by Gasteiger charge is 2.09. The summed E-state index contributed by atoms with van der Waals surface area (Å²) in [5.41, 5.74) is 3.62. The number of benzene rings is 1. The van der Waals surface area contributed by atoms with Gasteiger partial charge in [0.05, 0.1) is 0 Å². The van der Waals surface area contributed by atoms with Gasteiger partial charge in [0.1, 0.15) is 5.69 Å². The molecule has 0 atom stereocenters. The first kappa shape index (κ1) is 16.9. The molecule has 0 aliphatic heterocycles. The summed E-state index contributed by atoms with van der Waals surface area (Å²) in [6, 6.07) is 7.60. The molecule has 0 unspecified atom stereocenters. The Balaban J connectivity index is 2.07. The molecule has 122 valence electrons. The van der Waals surface area contributed by atoms with Crippen LogP contribution in [-0.4, -0.2) is 48.0 Å². The summed E-state index contributed by atoms with van der Waals surface area (Å²) in [7, 11) is 3.92. The van der Waals surface area contributed by atoms with Crippen molar-refractivity contribution in [1.82, 2.24) is 20.2 Å². The van der Waals surface area contributed by atoms with E-state index in [0.29, 0.717) is 18.2 Å². The molecule has 23 heavy (non-hydrogen) atoms. The van der Waals surface area contributed by atoms with Crippen LogP contribution in [-0.2, 0) is 0 Å². The smallest absolute Gasteiger partial charge is 0.270 e. The maximum absolute atomic E-state index is 12.1. The lowest BCUT2D eigenvalue weighted by atomic mass is 10.1. The molecule has 1 aromatic heterocycles. The monoisotopic (exact) mass is 313 g/mol. The third-order valence-corrected chi connectivity index (χ3v) is 3.58. The van der Waals surface area contributed by atoms with Gasteiger partial charge in [-0.25, -0.2) is 9.97 Å². The van der Waals surface area contributed by atoms with Gasteiger partial charge in [-0.15, -0.1) is 0 Å². The van der Waals surface area contributed by atoms with Crippen molar-refractivity contribution in [3.8, 4) is 0 Å². The minimum Gasteiger partial charge on any atom is -0.349 e. The van der Waals surface area contributed by atoms with Crippen molar-refractivity contribution >= 4 is 17.5 Å². The fourth-order valence-electron chi connectivity index (χ4n) is 2.04. The standard InChI is InChI=1S/C17H23N5O/c1-12-6-5-7-14(13(12)2)20-17-19-9-8-15(21-17)16(23)18-10-11-22(3)4/h5-9H,10-11H2,1-4H3,(H,18,23)(H,19,20,21). The second kappa shape index (κ2) is 7.69. The minimum absolute atomic E-state index is 0.196. The highest BCUT2D eigenvalue weighted by Crippen LogP contribution is 2.20. The molecule has 0 spiro atoms. The second-order valence-electron chi connectivity index (χ2n) is 5.70. The Morgan fingerprint density at radius 2 is 2.00 bits per heavy atom. The molecule has 2 rings (SSSR count). The van der Waals surface area contributed by atoms with Gasteiger partial charge in [-0.3, -0.25) is 4.79 Å². The van der Waals surface area contributed by atoms with Gasteiger partial charge in [-0.05, 0) is 51.2 Å². The Bertz CT molecular complexity index is 684. The molecule has 1 amide bonds. The van der Waals surface area contributed by atoms with E-state index in [1.807, 2.05) is 38.1 Å². The number of hydrogen-bond donors (Lipinski definition) is 2. The molecule has 0 aliphatic carbocycles. The Labute approximate surface area is 137 Å². The summed E-state index contributed by atoms with van der Waals surface area (Å²) in [6.07, 6.45) is 1.58. The van der Waals surface area contributed by atoms with E-state index in [0.717, 1.165) is 17.8 Å². The molecular weight excluding hydrogens is 290 g/mol. The zero-order valence-electron chi connectivity index (χ0n) is 14.1. The average molecular weight is 313 g/mol. The van der Waals surface area contributed by atoms with Crippen molar-refractivity contribution < 1.29 is 4.79 Å². The molecule has 6 heteroatoms. The third-order valence-electron chi connectivity index (χ3n) is 3.58. The van der Waals surface area contributed by atoms with Gasteiger partial charge in [0.15, 0.2) is 0 Å². The van der Waals surface area contributed by atoms with Crippen molar-refractivity contribution in [3.63, 3.8) is 0 Å². The minimum atomic E-state index is -0.196. The quantitative estimate of drug-likeness (QED) is 0.855. The summed E-state index contributed by atoms with van der Waals surface area (Å²) in [6.45, 7) is 5.45. The predicted octanol–water partition coefficient (Wildman–Crippen LogP) is 2.13. The lowest BCUT2D eigenvalue weighted by Gasteiger charge is -2.12. The van der Waals surface area contributed by atoms with Crippen LogP contribution in [0.25, 0.3) is 0 Å². The van der Waals surface area contributed by atoms with Crippen LogP contribution in [0, 0.1) is 13.8 Å². The summed E-state index contributed by atoms with van der Waals surface area (Å²) in [4.78, 5) is 22.6. The van der Waals surface area contributed by atoms with Crippen LogP contribution in [0.3, 0.4) is 0 Å². The first-order valence-corrected chi connectivity index (χ1v) is 7.56. The summed E-state index contributed by atoms with van der Waals surface area (Å²) in [5, 5.41) is 6.02. The van der Waals surface area contributed by atoms with Gasteiger partial charge in [-0.1, -0.05) is 12.1 Å². The second-order valence-corrected chi connectivity index (χ2v) is 5.70. The topological polar surface area (TPSA) is 70.2 Å². The fourth-order valence-corrected chi connectivity index (χ4v) is 2.04. The highest BCUT2D eigenvalue weighted by molar-refractivity contribution is 5.92. The lowest BCUT2D eigenvalue weighted by molar-refractivity contribution is 0.0946. The van der Waals surface area contributed by atoms with Crippen molar-refractivity contribution in [2.24, 2.45) is 0 Å². The van der Waals surface area contributed by atoms with Crippen LogP contribution in [0.1, 0.15) is 21.6 Å². The number of nitrogens with zero attached hydrogens (tertiary/aromatic N) is 3. The molecule has 1 heterocycles. The molecular formula is C17H23N5O. The maximum atomic E-state index is 12.1. The molecule has 0 saturated carbocycles. The average Bonchev–Trinajstić information content (AvgIpc) is 2.52. The third kappa shape index (κ3) is 4.75. The molecule has 0 aliphatic rings. The normalized spacial score (nSPS) is 10.7. The summed E-state index contributed by atoms with van der Waals surface area (Å²) in [5.74, 6) is 0.220. The summed E-state index contributed by atoms with van der Waals surface area (Å²) < 4.78 is 0. The van der Waals surface area contributed by atoms with Crippen molar-refractivity contribution in [2.45, 2.75) is 13.8 Å². The van der Waals surface area contributed by atoms with E-state index in [1.54, 1.807) is 12.3 Å². The van der Waals surface area contributed by atoms with Gasteiger partial charge in [-0.2, -0.15) is 0 Å². The van der Waals surface area contributed by atoms with Crippen LogP contribution in [0.5, 0.6) is 0 Å². The number of carbonyl (C=O) groups is 1. The molecule has 2 N–H and O–H groups in total. The van der Waals surface area contributed by atoms with Crippen molar-refractivity contribution in [3.05, 3.63) is 47.3 Å². The first-order valence-electron chi connectivity index (χ1n) is 7.56. The lowest BCUT2D eigenvalue weighted by Crippen LogP contribution is -2.31. The highest BCUT2D eigenvalue weighted by atomic mass is 16.1. The molecule has 6 nitrogen and oxygen atoms in total. The number of likely N-dealkylation sites (N-methyl/N-ethyl adjacent to an activating group) is 1. The van der Waals surface area contributed by atoms with Gasteiger partial charge >= 0.3 is 0 Å². The molecule has 2 aromatic rings. The zero-order valence-corrected chi connectivity index (χ0v) is 14.1. The Hall–Kier alpha value is -2.47. The summed E-state index contributed by atoms with van der Waals surface area (Å²) >= 11 is 0. The molecule has 0 bridgehead atoms. The van der Waals surface area contributed by atoms with E-state index in [1.165, 1.54) is 5.56 Å². The largest absolute Gasteiger partial charge is 0.349 e. The number of amides is 1. The Morgan fingerprint density at radius 1 is 1.22 bits per heavy atom. The van der Waals surface area contributed by atoms with E-state index in [-0.39, 0.29) is 5.91 Å². The van der Waals surface area contributed by atoms with Crippen molar-refractivity contribution in [2.75, 3.05) is 32.5 Å². The first-order chi connectivity index (χ1) is 11.0. The van der Waals surface area contributed by atoms with Crippen LogP contribution in [0.2, 0.25) is 0 Å². The van der Waals surface area contributed by atoms with E-state index in [9.17, 15) is 4.79 Å². The maximum Gasteiger partial charge on any atom is 0.270 e.